The first-order valence-electron chi connectivity index (χ1n) is 13.7. The number of amides is 1. The summed E-state index contributed by atoms with van der Waals surface area (Å²) in [6, 6.07) is 1.08. The number of nitrogens with one attached hydrogen (secondary N) is 2. The smallest absolute Gasteiger partial charge is 0.288 e. The molecule has 38 heavy (non-hydrogen) atoms. The van der Waals surface area contributed by atoms with E-state index in [2.05, 4.69) is 61.2 Å². The van der Waals surface area contributed by atoms with Gasteiger partial charge in [-0.15, -0.1) is 0 Å². The number of hydrogen-bond acceptors (Lipinski definition) is 6. The number of hydrogen-bond donors (Lipinski definition) is 2. The lowest BCUT2D eigenvalue weighted by Crippen LogP contribution is -2.58. The molecular weight excluding hydrogens is 520 g/mol. The van der Waals surface area contributed by atoms with Crippen LogP contribution in [0.5, 0.6) is 0 Å². The third-order valence-corrected chi connectivity index (χ3v) is 10.8. The van der Waals surface area contributed by atoms with Gasteiger partial charge in [-0.3, -0.25) is 9.59 Å². The van der Waals surface area contributed by atoms with E-state index in [-0.39, 0.29) is 29.6 Å². The van der Waals surface area contributed by atoms with Gasteiger partial charge in [-0.2, -0.15) is 10.2 Å². The quantitative estimate of drug-likeness (QED) is 0.302. The van der Waals surface area contributed by atoms with Crippen molar-refractivity contribution in [1.82, 2.24) is 24.9 Å². The summed E-state index contributed by atoms with van der Waals surface area (Å²) in [5.41, 5.74) is 1.30. The van der Waals surface area contributed by atoms with Gasteiger partial charge in [0.1, 0.15) is 18.3 Å². The molecule has 0 aliphatic heterocycles. The van der Waals surface area contributed by atoms with E-state index in [1.807, 2.05) is 13.1 Å². The maximum atomic E-state index is 12.9. The molecule has 5 rings (SSSR count). The van der Waals surface area contributed by atoms with Crippen molar-refractivity contribution >= 4 is 31.3 Å². The largest absolute Gasteiger partial charge is 0.379 e. The molecule has 3 fully saturated rings. The van der Waals surface area contributed by atoms with E-state index in [4.69, 9.17) is 16.3 Å². The Morgan fingerprint density at radius 1 is 1.26 bits per heavy atom. The topological polar surface area (TPSA) is 103 Å². The normalized spacial score (nSPS) is 24.9. The van der Waals surface area contributed by atoms with E-state index in [1.165, 1.54) is 6.42 Å². The van der Waals surface area contributed by atoms with Gasteiger partial charge in [-0.25, -0.2) is 9.36 Å². The van der Waals surface area contributed by atoms with Crippen LogP contribution in [-0.2, 0) is 22.8 Å². The van der Waals surface area contributed by atoms with Crippen molar-refractivity contribution in [2.75, 3.05) is 11.9 Å². The number of nitrogens with zero attached hydrogens (tertiary/aromatic N) is 4. The number of ether oxygens (including phenoxy) is 1. The van der Waals surface area contributed by atoms with E-state index in [0.29, 0.717) is 42.2 Å². The molecule has 210 valence electrons. The number of carbonyl (C=O) groups is 1. The van der Waals surface area contributed by atoms with Crippen molar-refractivity contribution in [1.29, 1.82) is 0 Å². The lowest BCUT2D eigenvalue weighted by molar-refractivity contribution is -0.122. The molecule has 9 nitrogen and oxygen atoms in total. The lowest BCUT2D eigenvalue weighted by Gasteiger charge is -2.62. The minimum absolute atomic E-state index is 0.0713. The van der Waals surface area contributed by atoms with Gasteiger partial charge in [0.05, 0.1) is 24.1 Å². The van der Waals surface area contributed by atoms with Gasteiger partial charge in [-0.05, 0) is 49.0 Å². The summed E-state index contributed by atoms with van der Waals surface area (Å²) < 4.78 is 8.56. The minimum Gasteiger partial charge on any atom is -0.379 e. The van der Waals surface area contributed by atoms with E-state index >= 15 is 0 Å². The van der Waals surface area contributed by atoms with Crippen LogP contribution < -0.4 is 16.2 Å². The zero-order valence-electron chi connectivity index (χ0n) is 23.8. The molecule has 1 amide bonds. The van der Waals surface area contributed by atoms with E-state index in [1.54, 1.807) is 17.1 Å². The van der Waals surface area contributed by atoms with Crippen LogP contribution in [0, 0.1) is 23.2 Å². The molecule has 3 aliphatic rings. The molecule has 2 bridgehead atoms. The third-order valence-electron chi connectivity index (χ3n) is 8.72. The number of carbonyl (C=O) groups excluding carboxylic acids is 1. The third kappa shape index (κ3) is 6.34. The highest BCUT2D eigenvalue weighted by atomic mass is 35.5. The Kier molecular flexibility index (Phi) is 8.45. The zero-order valence-corrected chi connectivity index (χ0v) is 25.5. The van der Waals surface area contributed by atoms with Crippen LogP contribution in [-0.4, -0.2) is 46.2 Å². The number of aromatic nitrogens is 4. The number of halogens is 1. The van der Waals surface area contributed by atoms with Crippen LogP contribution in [0.4, 0.5) is 5.69 Å². The number of anilines is 1. The van der Waals surface area contributed by atoms with Gasteiger partial charge in [0.2, 0.25) is 5.91 Å². The van der Waals surface area contributed by atoms with Crippen LogP contribution in [0.1, 0.15) is 52.1 Å². The van der Waals surface area contributed by atoms with Gasteiger partial charge in [0, 0.05) is 32.5 Å². The molecular formula is C27H43ClN6O3Si. The van der Waals surface area contributed by atoms with Crippen molar-refractivity contribution in [3.8, 4) is 0 Å². The first-order valence-corrected chi connectivity index (χ1v) is 17.8. The maximum absolute atomic E-state index is 12.9. The molecule has 2 heterocycles. The molecule has 11 heteroatoms. The predicted octanol–water partition coefficient (Wildman–Crippen LogP) is 4.77. The van der Waals surface area contributed by atoms with Crippen molar-refractivity contribution in [2.24, 2.45) is 23.2 Å². The molecule has 3 unspecified atom stereocenters. The van der Waals surface area contributed by atoms with E-state index in [0.717, 1.165) is 22.7 Å². The first kappa shape index (κ1) is 28.8. The van der Waals surface area contributed by atoms with Gasteiger partial charge in [0.15, 0.2) is 0 Å². The fourth-order valence-electron chi connectivity index (χ4n) is 5.94. The molecule has 2 aromatic heterocycles. The van der Waals surface area contributed by atoms with Crippen molar-refractivity contribution in [3.05, 3.63) is 39.5 Å². The summed E-state index contributed by atoms with van der Waals surface area (Å²) in [6.07, 6.45) is 7.47. The van der Waals surface area contributed by atoms with Crippen molar-refractivity contribution < 1.29 is 9.53 Å². The molecule has 5 atom stereocenters. The van der Waals surface area contributed by atoms with Crippen LogP contribution in [0.25, 0.3) is 0 Å². The molecule has 0 saturated heterocycles. The minimum atomic E-state index is -1.13. The van der Waals surface area contributed by atoms with Gasteiger partial charge < -0.3 is 15.4 Å². The lowest BCUT2D eigenvalue weighted by atomic mass is 9.45. The fraction of sp³-hybridized carbons (Fsp3) is 0.704. The average molecular weight is 563 g/mol. The first-order chi connectivity index (χ1) is 17.8. The Labute approximate surface area is 231 Å². The Morgan fingerprint density at radius 3 is 2.66 bits per heavy atom. The van der Waals surface area contributed by atoms with E-state index in [9.17, 15) is 9.59 Å². The summed E-state index contributed by atoms with van der Waals surface area (Å²) >= 11 is 6.45. The second-order valence-electron chi connectivity index (χ2n) is 13.0. The Balaban J connectivity index is 1.29. The molecule has 2 N–H and O–H groups in total. The summed E-state index contributed by atoms with van der Waals surface area (Å²) in [5, 5.41) is 15.0. The van der Waals surface area contributed by atoms with Crippen LogP contribution in [0.2, 0.25) is 30.7 Å². The summed E-state index contributed by atoms with van der Waals surface area (Å²) in [7, 11) is -1.13. The fourth-order valence-corrected chi connectivity index (χ4v) is 6.89. The zero-order chi connectivity index (χ0) is 27.8. The number of fused-ring (bicyclic) bond motifs is 2. The summed E-state index contributed by atoms with van der Waals surface area (Å²) in [4.78, 5) is 25.6. The van der Waals surface area contributed by atoms with Gasteiger partial charge in [-0.1, -0.05) is 52.0 Å². The Morgan fingerprint density at radius 2 is 2.00 bits per heavy atom. The summed E-state index contributed by atoms with van der Waals surface area (Å²) in [6.45, 7) is 16.7. The van der Waals surface area contributed by atoms with Crippen LogP contribution in [0.3, 0.4) is 0 Å². The molecule has 0 spiro atoms. The molecule has 0 radical (unpaired) electrons. The van der Waals surface area contributed by atoms with Crippen molar-refractivity contribution in [3.63, 3.8) is 0 Å². The standard InChI is InChI=1S/C27H43ClN6O3Si/c1-17-21-10-20(27(21,3)4)11-22(17)32-23-13-30-34(26(36)25(23)28)15-24(35)31-18(2)19-12-29-33(14-19)16-37-8-9-38(5,6)7/h12-14,17-18,20-22,32H,8-11,15-16H2,1-7H3,(H,31,35)/t17-,18?,20?,21?,22-/m1/s1. The molecule has 3 saturated carbocycles. The second kappa shape index (κ2) is 11.1. The highest BCUT2D eigenvalue weighted by Crippen LogP contribution is 2.61. The predicted molar refractivity (Wildman–Crippen MR) is 153 cm³/mol. The van der Waals surface area contributed by atoms with Crippen LogP contribution in [0.15, 0.2) is 23.4 Å². The maximum Gasteiger partial charge on any atom is 0.288 e. The molecule has 2 aromatic rings. The number of rotatable bonds is 11. The average Bonchev–Trinajstić information content (AvgIpc) is 3.31. The van der Waals surface area contributed by atoms with E-state index < -0.39 is 13.6 Å². The van der Waals surface area contributed by atoms with Gasteiger partial charge in [0.25, 0.3) is 5.56 Å². The Bertz CT molecular complexity index is 1210. The highest BCUT2D eigenvalue weighted by Gasteiger charge is 2.56. The van der Waals surface area contributed by atoms with Crippen molar-refractivity contribution in [2.45, 2.75) is 91.6 Å². The molecule has 3 aliphatic carbocycles. The monoisotopic (exact) mass is 562 g/mol. The highest BCUT2D eigenvalue weighted by molar-refractivity contribution is 6.76. The molecule has 0 aromatic carbocycles. The SMILES string of the molecule is CC(NC(=O)Cn1ncc(N[C@@H]2CC3CC([C@H]2C)C3(C)C)c(Cl)c1=O)c1cnn(COCC[Si](C)(C)C)c1. The Hall–Kier alpha value is -2.17. The van der Waals surface area contributed by atoms with Crippen LogP contribution >= 0.6 is 11.6 Å². The second-order valence-corrected chi connectivity index (χ2v) is 19.0. The summed E-state index contributed by atoms with van der Waals surface area (Å²) in [5.74, 6) is 1.52. The van der Waals surface area contributed by atoms with Gasteiger partial charge >= 0.3 is 0 Å².